The summed E-state index contributed by atoms with van der Waals surface area (Å²) in [4.78, 5) is 46.6. The first-order chi connectivity index (χ1) is 17.2. The number of hydrogen-bond acceptors (Lipinski definition) is 9. The number of amides is 2. The molecule has 1 heterocycles. The second kappa shape index (κ2) is 12.7. The lowest BCUT2D eigenvalue weighted by Gasteiger charge is -2.34. The number of ketones is 1. The lowest BCUT2D eigenvalue weighted by Crippen LogP contribution is -2.62. The van der Waals surface area contributed by atoms with Crippen LogP contribution in [0.1, 0.15) is 31.4 Å². The van der Waals surface area contributed by atoms with E-state index in [4.69, 9.17) is 21.0 Å². The van der Waals surface area contributed by atoms with Gasteiger partial charge in [0, 0.05) is 0 Å². The molecule has 9 nitrogen and oxygen atoms in total. The van der Waals surface area contributed by atoms with Gasteiger partial charge in [0.25, 0.3) is 0 Å². The van der Waals surface area contributed by atoms with E-state index < -0.39 is 47.3 Å². The Hall–Kier alpha value is -3.21. The molecule has 3 rings (SSSR count). The van der Waals surface area contributed by atoms with Crippen molar-refractivity contribution < 1.29 is 24.0 Å². The molecule has 5 atom stereocenters. The van der Waals surface area contributed by atoms with E-state index in [1.807, 2.05) is 43.3 Å². The second-order valence-corrected chi connectivity index (χ2v) is 9.19. The highest BCUT2D eigenvalue weighted by atomic mass is 32.1. The fraction of sp³-hybridized carbons (Fsp3) is 0.385. The zero-order chi connectivity index (χ0) is 26.2. The number of carbonyl (C=O) groups is 3. The van der Waals surface area contributed by atoms with Crippen LogP contribution in [0.5, 0.6) is 0 Å². The first kappa shape index (κ1) is 27.4. The molecule has 36 heavy (non-hydrogen) atoms. The highest BCUT2D eigenvalue weighted by Crippen LogP contribution is 2.27. The van der Waals surface area contributed by atoms with Gasteiger partial charge in [0.05, 0.1) is 23.0 Å². The number of nitrogens with zero attached hydrogens (tertiary/aromatic N) is 2. The summed E-state index contributed by atoms with van der Waals surface area (Å²) < 4.78 is 5.44. The largest absolute Gasteiger partial charge is 0.444 e. The fourth-order valence-corrected chi connectivity index (χ4v) is 4.35. The van der Waals surface area contributed by atoms with Gasteiger partial charge in [-0.3, -0.25) is 9.59 Å². The topological polar surface area (TPSA) is 137 Å². The molecular weight excluding hydrogens is 480 g/mol. The molecule has 4 N–H and O–H groups in total. The van der Waals surface area contributed by atoms with Crippen molar-refractivity contribution in [2.45, 2.75) is 62.8 Å². The number of benzene rings is 2. The predicted octanol–water partition coefficient (Wildman–Crippen LogP) is 2.47. The number of nitrogens with two attached hydrogens (primary N) is 2. The van der Waals surface area contributed by atoms with Gasteiger partial charge in [0.15, 0.2) is 11.9 Å². The van der Waals surface area contributed by atoms with Crippen molar-refractivity contribution in [2.75, 3.05) is 0 Å². The molecule has 0 bridgehead atoms. The number of Topliss-reactive ketones (excluding diaryl/α,β-unsaturated/α-hetero) is 1. The van der Waals surface area contributed by atoms with Crippen molar-refractivity contribution in [3.05, 3.63) is 71.8 Å². The summed E-state index contributed by atoms with van der Waals surface area (Å²) in [5, 5.41) is 3.39. The molecule has 3 unspecified atom stereocenters. The smallest absolute Gasteiger partial charge is 0.417 e. The summed E-state index contributed by atoms with van der Waals surface area (Å²) in [5.74, 6) is -1.38. The highest BCUT2D eigenvalue weighted by molar-refractivity contribution is 7.82. The molecule has 2 aromatic rings. The molecule has 0 radical (unpaired) electrons. The zero-order valence-corrected chi connectivity index (χ0v) is 21.2. The third-order valence-electron chi connectivity index (χ3n) is 5.88. The Bertz CT molecular complexity index is 1080. The van der Waals surface area contributed by atoms with Crippen LogP contribution in [-0.2, 0) is 32.2 Å². The van der Waals surface area contributed by atoms with Gasteiger partial charge in [-0.25, -0.2) is 9.69 Å². The van der Waals surface area contributed by atoms with E-state index in [2.05, 4.69) is 17.8 Å². The minimum absolute atomic E-state index is 0.105. The van der Waals surface area contributed by atoms with E-state index in [9.17, 15) is 14.4 Å². The molecule has 192 valence electrons. The number of rotatable bonds is 10. The molecule has 0 saturated carbocycles. The van der Waals surface area contributed by atoms with Crippen LogP contribution in [0.25, 0.3) is 0 Å². The van der Waals surface area contributed by atoms with Crippen molar-refractivity contribution >= 4 is 36.1 Å². The average Bonchev–Trinajstić information content (AvgIpc) is 3.25. The van der Waals surface area contributed by atoms with Crippen molar-refractivity contribution in [3.63, 3.8) is 0 Å². The first-order valence-electron chi connectivity index (χ1n) is 11.8. The average molecular weight is 513 g/mol. The van der Waals surface area contributed by atoms with Gasteiger partial charge >= 0.3 is 6.09 Å². The number of imide groups is 1. The molecule has 10 heteroatoms. The van der Waals surface area contributed by atoms with Gasteiger partial charge in [0.1, 0.15) is 12.6 Å². The zero-order valence-electron chi connectivity index (χ0n) is 20.3. The van der Waals surface area contributed by atoms with Crippen LogP contribution in [0.4, 0.5) is 4.79 Å². The van der Waals surface area contributed by atoms with Crippen LogP contribution in [0.3, 0.4) is 0 Å². The first-order valence-corrected chi connectivity index (χ1v) is 12.3. The third-order valence-corrected chi connectivity index (χ3v) is 6.47. The Kier molecular flexibility index (Phi) is 9.63. The Labute approximate surface area is 216 Å². The van der Waals surface area contributed by atoms with E-state index in [1.165, 1.54) is 6.92 Å². The fourth-order valence-electron chi connectivity index (χ4n) is 3.91. The Morgan fingerprint density at radius 3 is 2.17 bits per heavy atom. The molecule has 0 fully saturated rings. The summed E-state index contributed by atoms with van der Waals surface area (Å²) >= 11 is 4.59. The number of oxime groups is 1. The molecule has 2 aromatic carbocycles. The number of carbonyl (C=O) groups excluding carboxylic acids is 3. The maximum atomic E-state index is 13.8. The van der Waals surface area contributed by atoms with Crippen LogP contribution in [0, 0.1) is 0 Å². The van der Waals surface area contributed by atoms with E-state index in [-0.39, 0.29) is 13.0 Å². The molecule has 0 spiro atoms. The molecule has 2 amide bonds. The number of ether oxygens (including phenoxy) is 1. The summed E-state index contributed by atoms with van der Waals surface area (Å²) in [7, 11) is 0. The van der Waals surface area contributed by atoms with Crippen molar-refractivity contribution in [3.8, 4) is 0 Å². The minimum Gasteiger partial charge on any atom is -0.444 e. The Balaban J connectivity index is 1.94. The summed E-state index contributed by atoms with van der Waals surface area (Å²) in [6, 6.07) is 14.6. The van der Waals surface area contributed by atoms with Gasteiger partial charge in [-0.1, -0.05) is 72.7 Å². The molecule has 1 aliphatic heterocycles. The monoisotopic (exact) mass is 512 g/mol. The van der Waals surface area contributed by atoms with Crippen molar-refractivity contribution in [1.82, 2.24) is 4.90 Å². The standard InChI is InChI=1S/C26H32N4O5S/c1-3-20-24(36)23(35-29-20)21(22(31)19(28)14-17-10-6-4-7-11-17)30(25(32)16(2)27)26(33)34-15-18-12-8-5-9-13-18/h4-13,16,19,21,23-24,36H,3,14-15,27-28H2,1-2H3/t16-,19-,21?,23?,24?/m0/s1. The predicted molar refractivity (Wildman–Crippen MR) is 139 cm³/mol. The van der Waals surface area contributed by atoms with Gasteiger partial charge in [0.2, 0.25) is 5.91 Å². The molecule has 1 aliphatic rings. The maximum absolute atomic E-state index is 13.8. The van der Waals surface area contributed by atoms with Crippen molar-refractivity contribution in [1.29, 1.82) is 0 Å². The van der Waals surface area contributed by atoms with Crippen LogP contribution in [0.2, 0.25) is 0 Å². The van der Waals surface area contributed by atoms with E-state index >= 15 is 0 Å². The molecule has 0 saturated heterocycles. The van der Waals surface area contributed by atoms with E-state index in [0.29, 0.717) is 17.7 Å². The van der Waals surface area contributed by atoms with Crippen LogP contribution in [-0.4, -0.2) is 57.9 Å². The van der Waals surface area contributed by atoms with Crippen LogP contribution in [0.15, 0.2) is 65.8 Å². The van der Waals surface area contributed by atoms with Gasteiger partial charge in [-0.15, -0.1) is 0 Å². The summed E-state index contributed by atoms with van der Waals surface area (Å²) in [5.41, 5.74) is 14.3. The third kappa shape index (κ3) is 6.51. The number of thiol groups is 1. The van der Waals surface area contributed by atoms with Crippen molar-refractivity contribution in [2.24, 2.45) is 16.6 Å². The summed E-state index contributed by atoms with van der Waals surface area (Å²) in [6.07, 6.45) is -1.37. The van der Waals surface area contributed by atoms with E-state index in [1.54, 1.807) is 24.3 Å². The molecule has 0 aliphatic carbocycles. The van der Waals surface area contributed by atoms with Gasteiger partial charge in [-0.05, 0) is 30.9 Å². The van der Waals surface area contributed by atoms with Gasteiger partial charge in [-0.2, -0.15) is 12.6 Å². The lowest BCUT2D eigenvalue weighted by atomic mass is 9.91. The lowest BCUT2D eigenvalue weighted by molar-refractivity contribution is -0.144. The number of hydrogen-bond donors (Lipinski definition) is 3. The molecule has 0 aromatic heterocycles. The Morgan fingerprint density at radius 2 is 1.64 bits per heavy atom. The Morgan fingerprint density at radius 1 is 1.06 bits per heavy atom. The second-order valence-electron chi connectivity index (χ2n) is 8.63. The van der Waals surface area contributed by atoms with Crippen LogP contribution >= 0.6 is 12.6 Å². The summed E-state index contributed by atoms with van der Waals surface area (Å²) in [6.45, 7) is 3.18. The quantitative estimate of drug-likeness (QED) is 0.416. The minimum atomic E-state index is -1.44. The van der Waals surface area contributed by atoms with Crippen LogP contribution < -0.4 is 11.5 Å². The normalized spacial score (nSPS) is 19.4. The maximum Gasteiger partial charge on any atom is 0.417 e. The van der Waals surface area contributed by atoms with E-state index in [0.717, 1.165) is 10.5 Å². The SMILES string of the molecule is CCC1=NOC(C(C(=O)[C@@H](N)Cc2ccccc2)N(C(=O)OCc2ccccc2)C(=O)[C@H](C)N)C1S. The van der Waals surface area contributed by atoms with Gasteiger partial charge < -0.3 is 21.0 Å². The molecular formula is C26H32N4O5S. The highest BCUT2D eigenvalue weighted by Gasteiger charge is 2.49.